The van der Waals surface area contributed by atoms with Gasteiger partial charge in [-0.2, -0.15) is 0 Å². The van der Waals surface area contributed by atoms with Crippen molar-refractivity contribution in [2.45, 2.75) is 12.8 Å². The van der Waals surface area contributed by atoms with Gasteiger partial charge < -0.3 is 14.5 Å². The van der Waals surface area contributed by atoms with Crippen molar-refractivity contribution in [2.24, 2.45) is 5.92 Å². The first-order valence-corrected chi connectivity index (χ1v) is 6.98. The molecule has 0 aliphatic heterocycles. The number of hydrogen-bond acceptors (Lipinski definition) is 3. The van der Waals surface area contributed by atoms with Gasteiger partial charge in [-0.1, -0.05) is 0 Å². The Labute approximate surface area is 126 Å². The summed E-state index contributed by atoms with van der Waals surface area (Å²) in [5.41, 5.74) is -0.316. The van der Waals surface area contributed by atoms with Crippen molar-refractivity contribution in [3.05, 3.63) is 41.6 Å². The van der Waals surface area contributed by atoms with Gasteiger partial charge in [0.2, 0.25) is 0 Å². The third-order valence-electron chi connectivity index (χ3n) is 3.61. The van der Waals surface area contributed by atoms with Crippen LogP contribution >= 0.6 is 0 Å². The predicted octanol–water partition coefficient (Wildman–Crippen LogP) is 3.54. The second kappa shape index (κ2) is 5.79. The number of benzene rings is 1. The van der Waals surface area contributed by atoms with E-state index in [9.17, 15) is 13.6 Å². The zero-order valence-electron chi connectivity index (χ0n) is 12.0. The number of methoxy groups -OCH3 is 1. The van der Waals surface area contributed by atoms with Crippen LogP contribution in [0.2, 0.25) is 0 Å². The molecule has 3 rings (SSSR count). The smallest absolute Gasteiger partial charge is 0.342 e. The average molecular weight is 307 g/mol. The van der Waals surface area contributed by atoms with Crippen LogP contribution in [0.15, 0.2) is 24.4 Å². The van der Waals surface area contributed by atoms with Crippen LogP contribution < -0.4 is 4.74 Å². The fourth-order valence-electron chi connectivity index (χ4n) is 2.15. The average Bonchev–Trinajstić information content (AvgIpc) is 3.27. The van der Waals surface area contributed by atoms with Crippen molar-refractivity contribution in [3.63, 3.8) is 0 Å². The highest BCUT2D eigenvalue weighted by atomic mass is 19.1. The monoisotopic (exact) mass is 307 g/mol. The molecule has 0 radical (unpaired) electrons. The summed E-state index contributed by atoms with van der Waals surface area (Å²) in [6, 6.07) is 4.22. The first-order valence-electron chi connectivity index (χ1n) is 6.98. The first kappa shape index (κ1) is 14.6. The van der Waals surface area contributed by atoms with Gasteiger partial charge in [-0.15, -0.1) is 0 Å². The van der Waals surface area contributed by atoms with E-state index in [1.165, 1.54) is 12.1 Å². The van der Waals surface area contributed by atoms with Crippen molar-refractivity contribution in [1.82, 2.24) is 4.98 Å². The first-order chi connectivity index (χ1) is 10.6. The summed E-state index contributed by atoms with van der Waals surface area (Å²) in [5, 5.41) is 0. The molecule has 1 aliphatic carbocycles. The molecule has 1 fully saturated rings. The number of ether oxygens (including phenoxy) is 2. The third-order valence-corrected chi connectivity index (χ3v) is 3.61. The molecule has 0 amide bonds. The number of esters is 1. The minimum atomic E-state index is -0.836. The van der Waals surface area contributed by atoms with Gasteiger partial charge in [-0.05, 0) is 30.9 Å². The van der Waals surface area contributed by atoms with Gasteiger partial charge in [0.25, 0.3) is 0 Å². The summed E-state index contributed by atoms with van der Waals surface area (Å²) in [7, 11) is 1.15. The molecule has 1 N–H and O–H groups in total. The van der Waals surface area contributed by atoms with Gasteiger partial charge in [0.05, 0.1) is 19.4 Å². The van der Waals surface area contributed by atoms with Crippen molar-refractivity contribution in [1.29, 1.82) is 0 Å². The molecule has 1 aromatic heterocycles. The minimum Gasteiger partial charge on any atom is -0.493 e. The number of nitrogens with one attached hydrogen (secondary N) is 1. The van der Waals surface area contributed by atoms with Gasteiger partial charge >= 0.3 is 5.97 Å². The standard InChI is InChI=1S/C16H15F2NO3/c1-21-16(20)12-7-19-15(14(12)18)11-5-4-10(6-13(11)17)22-8-9-2-3-9/h4-7,9,19H,2-3,8H2,1H3. The van der Waals surface area contributed by atoms with E-state index in [0.29, 0.717) is 18.3 Å². The van der Waals surface area contributed by atoms with E-state index >= 15 is 0 Å². The number of rotatable bonds is 5. The molecule has 2 aromatic rings. The zero-order chi connectivity index (χ0) is 15.7. The number of halogens is 2. The van der Waals surface area contributed by atoms with Crippen LogP contribution in [0.1, 0.15) is 23.2 Å². The van der Waals surface area contributed by atoms with Gasteiger partial charge in [0.15, 0.2) is 5.82 Å². The number of hydrogen-bond donors (Lipinski definition) is 1. The highest BCUT2D eigenvalue weighted by Crippen LogP contribution is 2.32. The molecule has 1 saturated carbocycles. The van der Waals surface area contributed by atoms with Crippen LogP contribution in [0.3, 0.4) is 0 Å². The molecule has 116 valence electrons. The third kappa shape index (κ3) is 2.81. The second-order valence-electron chi connectivity index (χ2n) is 5.28. The lowest BCUT2D eigenvalue weighted by Crippen LogP contribution is -2.02. The van der Waals surface area contributed by atoms with Crippen LogP contribution in [-0.2, 0) is 4.74 Å². The summed E-state index contributed by atoms with van der Waals surface area (Å²) in [6.07, 6.45) is 3.45. The van der Waals surface area contributed by atoms with E-state index in [1.807, 2.05) is 0 Å². The second-order valence-corrected chi connectivity index (χ2v) is 5.28. The molecule has 1 heterocycles. The van der Waals surface area contributed by atoms with E-state index in [2.05, 4.69) is 9.72 Å². The van der Waals surface area contributed by atoms with Crippen LogP contribution in [0.4, 0.5) is 8.78 Å². The lowest BCUT2D eigenvalue weighted by Gasteiger charge is -2.07. The van der Waals surface area contributed by atoms with Gasteiger partial charge in [-0.25, -0.2) is 13.6 Å². The van der Waals surface area contributed by atoms with Gasteiger partial charge in [0, 0.05) is 17.8 Å². The molecule has 6 heteroatoms. The molecule has 1 aromatic carbocycles. The summed E-state index contributed by atoms with van der Waals surface area (Å²) >= 11 is 0. The number of carbonyl (C=O) groups excluding carboxylic acids is 1. The zero-order valence-corrected chi connectivity index (χ0v) is 12.0. The Bertz CT molecular complexity index is 707. The van der Waals surface area contributed by atoms with Crippen molar-refractivity contribution >= 4 is 5.97 Å². The molecular weight excluding hydrogens is 292 g/mol. The van der Waals surface area contributed by atoms with Crippen molar-refractivity contribution < 1.29 is 23.0 Å². The Kier molecular flexibility index (Phi) is 3.83. The molecule has 0 unspecified atom stereocenters. The normalized spacial score (nSPS) is 14.0. The fourth-order valence-corrected chi connectivity index (χ4v) is 2.15. The van der Waals surface area contributed by atoms with E-state index in [1.54, 1.807) is 6.07 Å². The van der Waals surface area contributed by atoms with Crippen LogP contribution in [0.25, 0.3) is 11.3 Å². The van der Waals surface area contributed by atoms with Crippen molar-refractivity contribution in [3.8, 4) is 17.0 Å². The summed E-state index contributed by atoms with van der Waals surface area (Å²) in [6.45, 7) is 0.572. The van der Waals surface area contributed by atoms with Crippen LogP contribution in [-0.4, -0.2) is 24.7 Å². The largest absolute Gasteiger partial charge is 0.493 e. The van der Waals surface area contributed by atoms with Crippen LogP contribution in [0.5, 0.6) is 5.75 Å². The maximum Gasteiger partial charge on any atom is 0.342 e. The topological polar surface area (TPSA) is 51.3 Å². The number of aromatic amines is 1. The summed E-state index contributed by atoms with van der Waals surface area (Å²) in [4.78, 5) is 13.9. The van der Waals surface area contributed by atoms with Crippen LogP contribution in [0, 0.1) is 17.6 Å². The molecular formula is C16H15F2NO3. The molecule has 0 saturated heterocycles. The Morgan fingerprint density at radius 3 is 2.77 bits per heavy atom. The minimum absolute atomic E-state index is 0.0337. The Balaban J connectivity index is 1.85. The lowest BCUT2D eigenvalue weighted by molar-refractivity contribution is 0.0596. The lowest BCUT2D eigenvalue weighted by atomic mass is 10.1. The predicted molar refractivity (Wildman–Crippen MR) is 75.7 cm³/mol. The van der Waals surface area contributed by atoms with E-state index in [-0.39, 0.29) is 16.8 Å². The van der Waals surface area contributed by atoms with Crippen molar-refractivity contribution in [2.75, 3.05) is 13.7 Å². The SMILES string of the molecule is COC(=O)c1c[nH]c(-c2ccc(OCC3CC3)cc2F)c1F. The van der Waals surface area contributed by atoms with Gasteiger partial charge in [0.1, 0.15) is 17.1 Å². The molecule has 0 bridgehead atoms. The highest BCUT2D eigenvalue weighted by molar-refractivity contribution is 5.91. The summed E-state index contributed by atoms with van der Waals surface area (Å²) in [5.74, 6) is -1.30. The quantitative estimate of drug-likeness (QED) is 0.860. The Hall–Kier alpha value is -2.37. The Morgan fingerprint density at radius 2 is 2.14 bits per heavy atom. The molecule has 0 atom stereocenters. The molecule has 0 spiro atoms. The van der Waals surface area contributed by atoms with E-state index < -0.39 is 17.6 Å². The number of aromatic nitrogens is 1. The maximum absolute atomic E-state index is 14.2. The van der Waals surface area contributed by atoms with Gasteiger partial charge in [-0.3, -0.25) is 0 Å². The summed E-state index contributed by atoms with van der Waals surface area (Å²) < 4.78 is 38.3. The van der Waals surface area contributed by atoms with E-state index in [0.717, 1.165) is 26.1 Å². The highest BCUT2D eigenvalue weighted by Gasteiger charge is 2.23. The number of H-pyrrole nitrogens is 1. The fraction of sp³-hybridized carbons (Fsp3) is 0.312. The molecule has 4 nitrogen and oxygen atoms in total. The van der Waals surface area contributed by atoms with E-state index in [4.69, 9.17) is 4.74 Å². The number of carbonyl (C=O) groups is 1. The molecule has 1 aliphatic rings. The Morgan fingerprint density at radius 1 is 1.36 bits per heavy atom. The molecule has 22 heavy (non-hydrogen) atoms. The maximum atomic E-state index is 14.2.